The summed E-state index contributed by atoms with van der Waals surface area (Å²) in [6.45, 7) is 21.1. The molecule has 0 saturated carbocycles. The van der Waals surface area contributed by atoms with E-state index in [9.17, 15) is 9.90 Å². The van der Waals surface area contributed by atoms with Crippen LogP contribution in [0.5, 0.6) is 0 Å². The molecule has 0 aliphatic heterocycles. The molecule has 0 amide bonds. The first-order valence-electron chi connectivity index (χ1n) is 17.7. The monoisotopic (exact) mass is 835 g/mol. The fourth-order valence-corrected chi connectivity index (χ4v) is 6.86. The van der Waals surface area contributed by atoms with Crippen molar-refractivity contribution in [3.05, 3.63) is 101 Å². The quantitative estimate of drug-likeness (QED) is 0.0913. The standard InChI is InChI=1S/C29H24NO.C15H28O2.Ir/c1-17(2)18-12-13-20-19(16-18)14-15-30-27(20)22-9-7-10-23-25(22)28-26(29(23,3)4)21-8-5-6-11-24(21)31-28;1-7-14(5,8-2)12(16)11-13(17)15(6,9-3)10-4;/h5-8,10-17H,1-4H3;11,16H,7-10H2,1-6H3;/q-1;;/b;12-11-;. The Morgan fingerprint density at radius 3 is 2.22 bits per heavy atom. The van der Waals surface area contributed by atoms with Gasteiger partial charge in [-0.15, -0.1) is 29.3 Å². The van der Waals surface area contributed by atoms with Crippen molar-refractivity contribution in [2.45, 2.75) is 106 Å². The second-order valence-corrected chi connectivity index (χ2v) is 14.8. The predicted octanol–water partition coefficient (Wildman–Crippen LogP) is 12.5. The number of rotatable bonds is 9. The summed E-state index contributed by atoms with van der Waals surface area (Å²) in [6.07, 6.45) is 6.67. The Labute approximate surface area is 306 Å². The van der Waals surface area contributed by atoms with E-state index in [1.807, 2.05) is 59.9 Å². The van der Waals surface area contributed by atoms with Crippen molar-refractivity contribution in [3.63, 3.8) is 0 Å². The number of ketones is 1. The average molecular weight is 835 g/mol. The van der Waals surface area contributed by atoms with E-state index in [0.29, 0.717) is 5.92 Å². The van der Waals surface area contributed by atoms with Gasteiger partial charge in [0.1, 0.15) is 11.3 Å². The van der Waals surface area contributed by atoms with Crippen LogP contribution < -0.4 is 0 Å². The minimum absolute atomic E-state index is 0. The molecule has 1 N–H and O–H groups in total. The topological polar surface area (TPSA) is 63.3 Å². The average Bonchev–Trinajstić information content (AvgIpc) is 3.60. The Morgan fingerprint density at radius 2 is 1.59 bits per heavy atom. The van der Waals surface area contributed by atoms with Crippen LogP contribution in [0, 0.1) is 16.9 Å². The zero-order valence-corrected chi connectivity index (χ0v) is 33.3. The van der Waals surface area contributed by atoms with Gasteiger partial charge in [-0.3, -0.25) is 4.79 Å². The second kappa shape index (κ2) is 14.8. The summed E-state index contributed by atoms with van der Waals surface area (Å²) in [5.41, 5.74) is 7.19. The zero-order chi connectivity index (χ0) is 35.0. The first kappa shape index (κ1) is 38.3. The summed E-state index contributed by atoms with van der Waals surface area (Å²) in [5.74, 6) is 1.74. The molecule has 49 heavy (non-hydrogen) atoms. The molecule has 2 aromatic heterocycles. The van der Waals surface area contributed by atoms with Crippen LogP contribution in [-0.4, -0.2) is 15.9 Å². The second-order valence-electron chi connectivity index (χ2n) is 14.8. The van der Waals surface area contributed by atoms with Gasteiger partial charge in [0.15, 0.2) is 5.78 Å². The predicted molar refractivity (Wildman–Crippen MR) is 201 cm³/mol. The number of pyridine rings is 1. The Hall–Kier alpha value is -3.53. The number of carbonyl (C=O) groups is 1. The number of benzene rings is 3. The first-order valence-corrected chi connectivity index (χ1v) is 17.7. The summed E-state index contributed by atoms with van der Waals surface area (Å²) in [5, 5.41) is 13.7. The van der Waals surface area contributed by atoms with Crippen LogP contribution in [0.25, 0.3) is 44.3 Å². The zero-order valence-electron chi connectivity index (χ0n) is 30.9. The number of fused-ring (bicyclic) bond motifs is 6. The molecular formula is C44H52IrNO3-. The van der Waals surface area contributed by atoms with Gasteiger partial charge in [-0.2, -0.15) is 0 Å². The van der Waals surface area contributed by atoms with Crippen LogP contribution in [0.3, 0.4) is 0 Å². The van der Waals surface area contributed by atoms with E-state index in [0.717, 1.165) is 59.2 Å². The summed E-state index contributed by atoms with van der Waals surface area (Å²) in [4.78, 5) is 17.0. The van der Waals surface area contributed by atoms with E-state index in [2.05, 4.69) is 82.3 Å². The van der Waals surface area contributed by atoms with Crippen molar-refractivity contribution in [3.8, 4) is 22.6 Å². The molecule has 0 spiro atoms. The van der Waals surface area contributed by atoms with Gasteiger partial charge in [-0.1, -0.05) is 111 Å². The van der Waals surface area contributed by atoms with Gasteiger partial charge in [0.2, 0.25) is 0 Å². The fourth-order valence-electron chi connectivity index (χ4n) is 6.86. The number of aliphatic hydroxyl groups is 1. The molecule has 0 atom stereocenters. The van der Waals surface area contributed by atoms with Gasteiger partial charge in [0.25, 0.3) is 0 Å². The Kier molecular flexibility index (Phi) is 11.5. The number of carbonyl (C=O) groups excluding carboxylic acids is 1. The molecule has 0 unspecified atom stereocenters. The Balaban J connectivity index is 0.000000260. The molecule has 1 radical (unpaired) electrons. The molecule has 5 aromatic rings. The number of hydrogen-bond donors (Lipinski definition) is 1. The number of aliphatic hydroxyl groups excluding tert-OH is 1. The van der Waals surface area contributed by atoms with Gasteiger partial charge in [0, 0.05) is 59.6 Å². The van der Waals surface area contributed by atoms with Gasteiger partial charge < -0.3 is 14.5 Å². The van der Waals surface area contributed by atoms with Crippen LogP contribution >= 0.6 is 0 Å². The largest absolute Gasteiger partial charge is 0.512 e. The maximum absolute atomic E-state index is 12.2. The summed E-state index contributed by atoms with van der Waals surface area (Å²) in [7, 11) is 0. The number of allylic oxidation sites excluding steroid dienone is 2. The third-order valence-corrected chi connectivity index (χ3v) is 11.4. The van der Waals surface area contributed by atoms with Crippen molar-refractivity contribution in [1.82, 2.24) is 4.98 Å². The molecule has 0 saturated heterocycles. The molecule has 5 heteroatoms. The van der Waals surface area contributed by atoms with Crippen molar-refractivity contribution in [1.29, 1.82) is 0 Å². The normalized spacial score (nSPS) is 13.9. The minimum Gasteiger partial charge on any atom is -0.512 e. The summed E-state index contributed by atoms with van der Waals surface area (Å²) < 4.78 is 6.45. The van der Waals surface area contributed by atoms with E-state index in [1.54, 1.807) is 0 Å². The Bertz CT molecular complexity index is 1990. The van der Waals surface area contributed by atoms with Crippen LogP contribution in [0.4, 0.5) is 0 Å². The smallest absolute Gasteiger partial charge is 0.164 e. The van der Waals surface area contributed by atoms with Gasteiger partial charge >= 0.3 is 0 Å². The maximum Gasteiger partial charge on any atom is 0.164 e. The van der Waals surface area contributed by atoms with Crippen molar-refractivity contribution < 1.29 is 34.4 Å². The van der Waals surface area contributed by atoms with Gasteiger partial charge in [0.05, 0.1) is 5.76 Å². The molecule has 1 aliphatic carbocycles. The van der Waals surface area contributed by atoms with Gasteiger partial charge in [-0.05, 0) is 65.8 Å². The van der Waals surface area contributed by atoms with Crippen LogP contribution in [0.2, 0.25) is 0 Å². The number of furan rings is 1. The van der Waals surface area contributed by atoms with Crippen molar-refractivity contribution >= 4 is 27.5 Å². The Morgan fingerprint density at radius 1 is 0.939 bits per heavy atom. The SMILES string of the molecule is CC(C)c1ccc2c(-c3[c-]ccc4c3-c3oc5ccccc5c3C4(C)C)nccc2c1.CCC(C)(CC)C(=O)/C=C(\O)C(C)(CC)CC.[Ir]. The summed E-state index contributed by atoms with van der Waals surface area (Å²) >= 11 is 0. The molecular weight excluding hydrogens is 783 g/mol. The van der Waals surface area contributed by atoms with Crippen molar-refractivity contribution in [2.75, 3.05) is 0 Å². The van der Waals surface area contributed by atoms with Crippen LogP contribution in [0.1, 0.15) is 118 Å². The molecule has 1 aliphatic rings. The number of nitrogens with zero attached hydrogens (tertiary/aromatic N) is 1. The van der Waals surface area contributed by atoms with Crippen molar-refractivity contribution in [2.24, 2.45) is 10.8 Å². The first-order chi connectivity index (χ1) is 22.8. The van der Waals surface area contributed by atoms with Crippen LogP contribution in [0.15, 0.2) is 83.1 Å². The van der Waals surface area contributed by atoms with E-state index in [-0.39, 0.29) is 47.9 Å². The molecule has 2 heterocycles. The molecule has 3 aromatic carbocycles. The fraction of sp³-hybridized carbons (Fsp3) is 0.409. The molecule has 0 bridgehead atoms. The van der Waals surface area contributed by atoms with E-state index in [4.69, 9.17) is 9.40 Å². The number of para-hydroxylation sites is 1. The third-order valence-electron chi connectivity index (χ3n) is 11.4. The molecule has 4 nitrogen and oxygen atoms in total. The van der Waals surface area contributed by atoms with E-state index in [1.165, 1.54) is 33.5 Å². The molecule has 261 valence electrons. The third kappa shape index (κ3) is 6.82. The maximum atomic E-state index is 12.2. The van der Waals surface area contributed by atoms with Gasteiger partial charge in [-0.25, -0.2) is 0 Å². The minimum atomic E-state index is -0.337. The number of aromatic nitrogens is 1. The number of hydrogen-bond acceptors (Lipinski definition) is 4. The van der Waals surface area contributed by atoms with E-state index < -0.39 is 0 Å². The molecule has 6 rings (SSSR count). The molecule has 0 fully saturated rings. The van der Waals surface area contributed by atoms with E-state index >= 15 is 0 Å². The van der Waals surface area contributed by atoms with Crippen LogP contribution in [-0.2, 0) is 30.3 Å². The summed E-state index contributed by atoms with van der Waals surface area (Å²) in [6, 6.07) is 24.9.